The molecule has 124 valence electrons. The van der Waals surface area contributed by atoms with Gasteiger partial charge < -0.3 is 25.7 Å². The average molecular weight is 348 g/mol. The number of rotatable bonds is 7. The number of amides is 1. The van der Waals surface area contributed by atoms with E-state index in [1.807, 2.05) is 13.8 Å². The Kier molecular flexibility index (Phi) is 11.5. The maximum atomic E-state index is 11.8. The molecule has 3 atom stereocenters. The largest absolute Gasteiger partial charge is 1.00 e. The first-order valence-corrected chi connectivity index (χ1v) is 7.69. The van der Waals surface area contributed by atoms with E-state index in [4.69, 9.17) is 10.5 Å². The van der Waals surface area contributed by atoms with Gasteiger partial charge in [0.05, 0.1) is 24.2 Å². The monoisotopic (exact) mass is 348 g/mol. The summed E-state index contributed by atoms with van der Waals surface area (Å²) in [6.07, 6.45) is 5.69. The van der Waals surface area contributed by atoms with Crippen molar-refractivity contribution in [1.82, 2.24) is 5.32 Å². The van der Waals surface area contributed by atoms with Crippen LogP contribution in [0.1, 0.15) is 40.0 Å². The Labute approximate surface area is 180 Å². The molecule has 7 heteroatoms. The van der Waals surface area contributed by atoms with Crippen LogP contribution < -0.4 is 67.5 Å². The second-order valence-corrected chi connectivity index (χ2v) is 5.42. The fraction of sp³-hybridized carbons (Fsp3) is 0.625. The first-order chi connectivity index (χ1) is 10.4. The van der Waals surface area contributed by atoms with E-state index in [0.29, 0.717) is 0 Å². The maximum absolute atomic E-state index is 11.8. The Bertz CT molecular complexity index is 461. The van der Waals surface area contributed by atoms with E-state index in [1.165, 1.54) is 12.2 Å². The third-order valence-corrected chi connectivity index (χ3v) is 3.79. The second-order valence-electron chi connectivity index (χ2n) is 5.42. The van der Waals surface area contributed by atoms with Crippen LogP contribution in [0.25, 0.3) is 0 Å². The summed E-state index contributed by atoms with van der Waals surface area (Å²) in [4.78, 5) is 22.9. The number of carbonyl (C=O) groups is 2. The van der Waals surface area contributed by atoms with Gasteiger partial charge in [-0.05, 0) is 43.9 Å². The molecule has 3 N–H and O–H groups in total. The van der Waals surface area contributed by atoms with Crippen LogP contribution in [0.4, 0.5) is 0 Å². The summed E-state index contributed by atoms with van der Waals surface area (Å²) in [5, 5.41) is 13.9. The molecule has 1 aliphatic carbocycles. The molecule has 0 aromatic carbocycles. The number of carboxylic acids is 1. The molecule has 0 fully saturated rings. The molecule has 0 heterocycles. The molecule has 0 saturated carbocycles. The standard InChI is InChI=1S/C16H26N2O4.K/c1-4-7-14(19)18-15-12(17)8-10(16(20)21)9-13(15)22-11(5-2)6-3;/h4,7,9,11-13,15H,5-6,8,17H2,1-3H3,(H,18,19)(H,20,21);/q;+1/p-1/b7-4+;/t12-,13+,15+;/m0./s1. The first-order valence-electron chi connectivity index (χ1n) is 7.69. The van der Waals surface area contributed by atoms with Crippen LogP contribution in [0, 0.1) is 0 Å². The summed E-state index contributed by atoms with van der Waals surface area (Å²) in [5.74, 6) is -1.52. The van der Waals surface area contributed by atoms with Crippen molar-refractivity contribution in [2.45, 2.75) is 64.3 Å². The van der Waals surface area contributed by atoms with E-state index < -0.39 is 24.2 Å². The van der Waals surface area contributed by atoms with E-state index in [0.717, 1.165) is 12.8 Å². The van der Waals surface area contributed by atoms with E-state index in [-0.39, 0.29) is 75.4 Å². The molecule has 1 aliphatic rings. The predicted molar refractivity (Wildman–Crippen MR) is 81.7 cm³/mol. The van der Waals surface area contributed by atoms with Crippen molar-refractivity contribution in [2.75, 3.05) is 0 Å². The Hall–Kier alpha value is -0.0236. The summed E-state index contributed by atoms with van der Waals surface area (Å²) in [6.45, 7) is 5.73. The fourth-order valence-corrected chi connectivity index (χ4v) is 2.53. The van der Waals surface area contributed by atoms with Crippen LogP contribution >= 0.6 is 0 Å². The third-order valence-electron chi connectivity index (χ3n) is 3.79. The van der Waals surface area contributed by atoms with Gasteiger partial charge in [0.2, 0.25) is 5.91 Å². The summed E-state index contributed by atoms with van der Waals surface area (Å²) in [5.41, 5.74) is 6.17. The van der Waals surface area contributed by atoms with Gasteiger partial charge >= 0.3 is 51.4 Å². The van der Waals surface area contributed by atoms with Gasteiger partial charge in [-0.15, -0.1) is 0 Å². The fourth-order valence-electron chi connectivity index (χ4n) is 2.53. The molecular weight excluding hydrogens is 323 g/mol. The molecule has 0 aromatic heterocycles. The molecule has 0 aromatic rings. The molecule has 0 spiro atoms. The second kappa shape index (κ2) is 11.5. The van der Waals surface area contributed by atoms with Gasteiger partial charge in [0.15, 0.2) is 0 Å². The van der Waals surface area contributed by atoms with Crippen LogP contribution in [0.15, 0.2) is 23.8 Å². The number of allylic oxidation sites excluding steroid dienone is 1. The van der Waals surface area contributed by atoms with Gasteiger partial charge in [-0.3, -0.25) is 4.79 Å². The van der Waals surface area contributed by atoms with Gasteiger partial charge in [-0.25, -0.2) is 0 Å². The number of ether oxygens (including phenoxy) is 1. The number of hydrogen-bond donors (Lipinski definition) is 2. The molecule has 1 amide bonds. The summed E-state index contributed by atoms with van der Waals surface area (Å²) >= 11 is 0. The average Bonchev–Trinajstić information content (AvgIpc) is 2.47. The number of hydrogen-bond acceptors (Lipinski definition) is 5. The van der Waals surface area contributed by atoms with Crippen molar-refractivity contribution in [3.05, 3.63) is 23.8 Å². The van der Waals surface area contributed by atoms with Gasteiger partial charge in [0.1, 0.15) is 0 Å². The van der Waals surface area contributed by atoms with Crippen molar-refractivity contribution in [3.63, 3.8) is 0 Å². The first kappa shape index (κ1) is 23.0. The zero-order valence-electron chi connectivity index (χ0n) is 14.4. The zero-order chi connectivity index (χ0) is 16.7. The minimum Gasteiger partial charge on any atom is -0.545 e. The van der Waals surface area contributed by atoms with Crippen molar-refractivity contribution in [1.29, 1.82) is 0 Å². The van der Waals surface area contributed by atoms with Crippen molar-refractivity contribution >= 4 is 11.9 Å². The van der Waals surface area contributed by atoms with Crippen LogP contribution in [0.5, 0.6) is 0 Å². The van der Waals surface area contributed by atoms with Gasteiger partial charge in [-0.1, -0.05) is 19.9 Å². The van der Waals surface area contributed by atoms with E-state index in [9.17, 15) is 14.7 Å². The van der Waals surface area contributed by atoms with Crippen LogP contribution in [0.2, 0.25) is 0 Å². The molecular formula is C16H25KN2O4. The molecule has 0 aliphatic heterocycles. The van der Waals surface area contributed by atoms with E-state index >= 15 is 0 Å². The number of aliphatic carboxylic acids is 1. The van der Waals surface area contributed by atoms with Crippen molar-refractivity contribution < 1.29 is 70.8 Å². The third kappa shape index (κ3) is 7.17. The van der Waals surface area contributed by atoms with Gasteiger partial charge in [0.25, 0.3) is 0 Å². The Morgan fingerprint density at radius 1 is 1.48 bits per heavy atom. The summed E-state index contributed by atoms with van der Waals surface area (Å²) < 4.78 is 5.95. The van der Waals surface area contributed by atoms with Gasteiger partial charge in [0, 0.05) is 6.04 Å². The van der Waals surface area contributed by atoms with Crippen molar-refractivity contribution in [2.24, 2.45) is 5.73 Å². The zero-order valence-corrected chi connectivity index (χ0v) is 17.5. The van der Waals surface area contributed by atoms with E-state index in [1.54, 1.807) is 13.0 Å². The quantitative estimate of drug-likeness (QED) is 0.378. The smallest absolute Gasteiger partial charge is 0.545 e. The molecule has 1 rings (SSSR count). The normalized spacial score (nSPS) is 24.2. The predicted octanol–water partition coefficient (Wildman–Crippen LogP) is -2.97. The van der Waals surface area contributed by atoms with Crippen molar-refractivity contribution in [3.8, 4) is 0 Å². The Morgan fingerprint density at radius 3 is 2.57 bits per heavy atom. The molecule has 0 unspecified atom stereocenters. The minimum atomic E-state index is -1.24. The maximum Gasteiger partial charge on any atom is 1.00 e. The molecule has 23 heavy (non-hydrogen) atoms. The summed E-state index contributed by atoms with van der Waals surface area (Å²) in [7, 11) is 0. The van der Waals surface area contributed by atoms with Crippen LogP contribution in [-0.4, -0.2) is 36.2 Å². The van der Waals surface area contributed by atoms with Crippen LogP contribution in [-0.2, 0) is 14.3 Å². The topological polar surface area (TPSA) is 104 Å². The minimum absolute atomic E-state index is 0. The molecule has 0 bridgehead atoms. The number of carbonyl (C=O) groups excluding carboxylic acids is 2. The molecule has 0 radical (unpaired) electrons. The number of nitrogens with one attached hydrogen (secondary N) is 1. The number of carboxylic acid groups (broad SMARTS) is 1. The van der Waals surface area contributed by atoms with Gasteiger partial charge in [-0.2, -0.15) is 0 Å². The Balaban J connectivity index is 0.00000484. The molecule has 6 nitrogen and oxygen atoms in total. The molecule has 0 saturated heterocycles. The Morgan fingerprint density at radius 2 is 2.09 bits per heavy atom. The SMILES string of the molecule is C/C=C/C(=O)N[C@@H]1[C@@H](N)CC(C(=O)[O-])=C[C@H]1OC(CC)CC.[K+]. The summed E-state index contributed by atoms with van der Waals surface area (Å²) in [6, 6.07) is -1.00. The van der Waals surface area contributed by atoms with E-state index in [2.05, 4.69) is 5.32 Å². The number of nitrogens with two attached hydrogens (primary N) is 1. The van der Waals surface area contributed by atoms with Crippen LogP contribution in [0.3, 0.4) is 0 Å².